The first-order valence-corrected chi connectivity index (χ1v) is 12.6. The van der Waals surface area contributed by atoms with Crippen LogP contribution in [0.1, 0.15) is 85.5 Å². The average Bonchev–Trinajstić information content (AvgIpc) is 3.11. The van der Waals surface area contributed by atoms with Crippen LogP contribution in [0.2, 0.25) is 0 Å². The molecule has 0 saturated heterocycles. The summed E-state index contributed by atoms with van der Waals surface area (Å²) in [5.74, 6) is 1.99. The lowest BCUT2D eigenvalue weighted by atomic mass is 9.48. The zero-order valence-corrected chi connectivity index (χ0v) is 20.4. The minimum Gasteiger partial charge on any atom is -0.469 e. The number of carbonyl (C=O) groups is 3. The van der Waals surface area contributed by atoms with Gasteiger partial charge in [-0.25, -0.2) is 0 Å². The van der Waals surface area contributed by atoms with Crippen LogP contribution in [0.3, 0.4) is 0 Å². The van der Waals surface area contributed by atoms with Gasteiger partial charge in [-0.2, -0.15) is 0 Å². The number of hydrogen-bond donors (Lipinski definition) is 0. The molecule has 0 heterocycles. The van der Waals surface area contributed by atoms with Crippen LogP contribution in [0.25, 0.3) is 0 Å². The number of methoxy groups -OCH3 is 1. The summed E-state index contributed by atoms with van der Waals surface area (Å²) in [7, 11) is 1.44. The third-order valence-electron chi connectivity index (χ3n) is 10.0. The van der Waals surface area contributed by atoms with Crippen molar-refractivity contribution in [3.63, 3.8) is 0 Å². The molecule has 0 N–H and O–H groups in total. The Labute approximate surface area is 192 Å². The van der Waals surface area contributed by atoms with Crippen molar-refractivity contribution in [2.75, 3.05) is 7.11 Å². The Bertz CT molecular complexity index is 815. The van der Waals surface area contributed by atoms with E-state index in [-0.39, 0.29) is 28.9 Å². The zero-order valence-electron chi connectivity index (χ0n) is 20.4. The fourth-order valence-corrected chi connectivity index (χ4v) is 8.21. The summed E-state index contributed by atoms with van der Waals surface area (Å²) in [6.07, 6.45) is 10.5. The van der Waals surface area contributed by atoms with Crippen molar-refractivity contribution < 1.29 is 23.9 Å². The molecule has 3 fully saturated rings. The molecule has 0 bridgehead atoms. The molecule has 0 unspecified atom stereocenters. The van der Waals surface area contributed by atoms with Gasteiger partial charge < -0.3 is 9.47 Å². The van der Waals surface area contributed by atoms with Crippen LogP contribution >= 0.6 is 0 Å². The fraction of sp³-hybridized carbons (Fsp3) is 0.815. The maximum atomic E-state index is 13.8. The standard InChI is InChI=1S/C27H40O5/c1-16(6-11-25(30)31-5)21-9-10-22-20-8-7-18-14-19(32-17(2)28)12-13-26(18,3)23(20)15-24(29)27(21,22)4/h15-16,18-22H,6-14H2,1-5H3/t16-,18-,19+,20+,21-,22+,26+,27-/m1/s1. The summed E-state index contributed by atoms with van der Waals surface area (Å²) >= 11 is 0. The van der Waals surface area contributed by atoms with Crippen LogP contribution in [0, 0.1) is 40.4 Å². The first kappa shape index (κ1) is 23.5. The molecule has 4 aliphatic carbocycles. The first-order chi connectivity index (χ1) is 15.1. The van der Waals surface area contributed by atoms with E-state index in [2.05, 4.69) is 20.8 Å². The monoisotopic (exact) mass is 444 g/mol. The van der Waals surface area contributed by atoms with Crippen molar-refractivity contribution >= 4 is 17.7 Å². The van der Waals surface area contributed by atoms with Crippen LogP contribution in [0.5, 0.6) is 0 Å². The summed E-state index contributed by atoms with van der Waals surface area (Å²) in [6, 6.07) is 0. The topological polar surface area (TPSA) is 69.7 Å². The summed E-state index contributed by atoms with van der Waals surface area (Å²) in [5, 5.41) is 0. The molecule has 5 heteroatoms. The normalized spacial score (nSPS) is 41.6. The van der Waals surface area contributed by atoms with Crippen LogP contribution < -0.4 is 0 Å². The molecule has 3 saturated carbocycles. The van der Waals surface area contributed by atoms with E-state index in [1.54, 1.807) is 0 Å². The van der Waals surface area contributed by atoms with Gasteiger partial charge in [0.05, 0.1) is 7.11 Å². The van der Waals surface area contributed by atoms with Gasteiger partial charge in [-0.15, -0.1) is 0 Å². The third kappa shape index (κ3) is 3.74. The number of ketones is 1. The van der Waals surface area contributed by atoms with Crippen molar-refractivity contribution in [1.82, 2.24) is 0 Å². The largest absolute Gasteiger partial charge is 0.469 e. The second kappa shape index (κ2) is 8.61. The molecule has 178 valence electrons. The number of hydrogen-bond acceptors (Lipinski definition) is 5. The minimum absolute atomic E-state index is 0.0267. The molecule has 0 spiro atoms. The zero-order chi connectivity index (χ0) is 23.3. The fourth-order valence-electron chi connectivity index (χ4n) is 8.21. The van der Waals surface area contributed by atoms with Gasteiger partial charge in [0.15, 0.2) is 5.78 Å². The molecule has 0 aliphatic heterocycles. The lowest BCUT2D eigenvalue weighted by molar-refractivity contribution is -0.151. The Kier molecular flexibility index (Phi) is 6.32. The summed E-state index contributed by atoms with van der Waals surface area (Å²) < 4.78 is 10.4. The first-order valence-electron chi connectivity index (χ1n) is 12.6. The minimum atomic E-state index is -0.318. The van der Waals surface area contributed by atoms with E-state index in [1.807, 2.05) is 6.08 Å². The van der Waals surface area contributed by atoms with E-state index in [0.717, 1.165) is 51.4 Å². The smallest absolute Gasteiger partial charge is 0.305 e. The molecule has 0 radical (unpaired) electrons. The van der Waals surface area contributed by atoms with Crippen LogP contribution in [0.4, 0.5) is 0 Å². The van der Waals surface area contributed by atoms with Gasteiger partial charge in [0.25, 0.3) is 0 Å². The average molecular weight is 445 g/mol. The Morgan fingerprint density at radius 2 is 1.91 bits per heavy atom. The van der Waals surface area contributed by atoms with Gasteiger partial charge in [0.2, 0.25) is 0 Å². The maximum Gasteiger partial charge on any atom is 0.305 e. The van der Waals surface area contributed by atoms with E-state index in [0.29, 0.717) is 41.8 Å². The quantitative estimate of drug-likeness (QED) is 0.541. The second-order valence-corrected chi connectivity index (χ2v) is 11.4. The van der Waals surface area contributed by atoms with Crippen LogP contribution in [0.15, 0.2) is 11.6 Å². The number of allylic oxidation sites excluding steroid dienone is 2. The highest BCUT2D eigenvalue weighted by Crippen LogP contribution is 2.65. The highest BCUT2D eigenvalue weighted by molar-refractivity contribution is 5.97. The lowest BCUT2D eigenvalue weighted by Crippen LogP contribution is -2.52. The highest BCUT2D eigenvalue weighted by atomic mass is 16.5. The van der Waals surface area contributed by atoms with E-state index in [4.69, 9.17) is 9.47 Å². The van der Waals surface area contributed by atoms with Crippen molar-refractivity contribution in [3.05, 3.63) is 11.6 Å². The highest BCUT2D eigenvalue weighted by Gasteiger charge is 2.61. The Morgan fingerprint density at radius 3 is 2.59 bits per heavy atom. The van der Waals surface area contributed by atoms with E-state index in [1.165, 1.54) is 19.6 Å². The van der Waals surface area contributed by atoms with Crippen molar-refractivity contribution in [2.24, 2.45) is 40.4 Å². The van der Waals surface area contributed by atoms with Gasteiger partial charge >= 0.3 is 11.9 Å². The molecule has 4 aliphatic rings. The number of esters is 2. The van der Waals surface area contributed by atoms with Gasteiger partial charge in [-0.05, 0) is 92.4 Å². The predicted octanol–water partition coefficient (Wildman–Crippen LogP) is 5.27. The molecular formula is C27H40O5. The Hall–Kier alpha value is -1.65. The second-order valence-electron chi connectivity index (χ2n) is 11.4. The van der Waals surface area contributed by atoms with Crippen molar-refractivity contribution in [3.8, 4) is 0 Å². The molecule has 0 aromatic heterocycles. The summed E-state index contributed by atoms with van der Waals surface area (Å²) in [5.41, 5.74) is 1.12. The van der Waals surface area contributed by atoms with E-state index < -0.39 is 0 Å². The number of ether oxygens (including phenoxy) is 2. The van der Waals surface area contributed by atoms with Gasteiger partial charge in [-0.3, -0.25) is 14.4 Å². The maximum absolute atomic E-state index is 13.8. The van der Waals surface area contributed by atoms with E-state index in [9.17, 15) is 14.4 Å². The Morgan fingerprint density at radius 1 is 1.16 bits per heavy atom. The molecule has 32 heavy (non-hydrogen) atoms. The number of carbonyl (C=O) groups excluding carboxylic acids is 3. The molecule has 0 aromatic rings. The molecule has 0 aromatic carbocycles. The number of rotatable bonds is 5. The van der Waals surface area contributed by atoms with Crippen LogP contribution in [-0.2, 0) is 23.9 Å². The lowest BCUT2D eigenvalue weighted by Gasteiger charge is -2.56. The van der Waals surface area contributed by atoms with Crippen molar-refractivity contribution in [1.29, 1.82) is 0 Å². The van der Waals surface area contributed by atoms with Gasteiger partial charge in [0.1, 0.15) is 6.10 Å². The molecule has 5 nitrogen and oxygen atoms in total. The molecule has 4 rings (SSSR count). The van der Waals surface area contributed by atoms with Crippen molar-refractivity contribution in [2.45, 2.75) is 91.6 Å². The van der Waals surface area contributed by atoms with Gasteiger partial charge in [-0.1, -0.05) is 26.3 Å². The SMILES string of the molecule is COC(=O)CC[C@@H](C)[C@H]1CC[C@H]2[C@@H]3CC[C@@H]4C[C@@H](OC(C)=O)CC[C@]4(C)C3=CC(=O)[C@]12C. The summed E-state index contributed by atoms with van der Waals surface area (Å²) in [4.78, 5) is 36.9. The number of fused-ring (bicyclic) bond motifs is 5. The predicted molar refractivity (Wildman–Crippen MR) is 122 cm³/mol. The summed E-state index contributed by atoms with van der Waals surface area (Å²) in [6.45, 7) is 8.28. The Balaban J connectivity index is 1.56. The molecular weight excluding hydrogens is 404 g/mol. The van der Waals surface area contributed by atoms with Gasteiger partial charge in [0, 0.05) is 18.8 Å². The molecule has 8 atom stereocenters. The van der Waals surface area contributed by atoms with E-state index >= 15 is 0 Å². The van der Waals surface area contributed by atoms with Crippen LogP contribution in [-0.4, -0.2) is 30.9 Å². The molecule has 0 amide bonds. The third-order valence-corrected chi connectivity index (χ3v) is 10.0.